The number of hydrogen-bond donors (Lipinski definition) is 0. The lowest BCUT2D eigenvalue weighted by Crippen LogP contribution is -2.58. The number of ether oxygens (including phenoxy) is 2. The van der Waals surface area contributed by atoms with Crippen molar-refractivity contribution >= 4 is 12.1 Å². The third kappa shape index (κ3) is 3.72. The predicted molar refractivity (Wildman–Crippen MR) is 117 cm³/mol. The third-order valence-electron chi connectivity index (χ3n) is 6.93. The summed E-state index contributed by atoms with van der Waals surface area (Å²) in [5, 5.41) is 0. The molecule has 0 aromatic heterocycles. The van der Waals surface area contributed by atoms with Crippen LogP contribution in [0.2, 0.25) is 0 Å². The van der Waals surface area contributed by atoms with Gasteiger partial charge in [0.2, 0.25) is 5.60 Å². The van der Waals surface area contributed by atoms with Crippen molar-refractivity contribution in [1.82, 2.24) is 4.90 Å². The molecule has 1 aliphatic heterocycles. The van der Waals surface area contributed by atoms with E-state index in [1.165, 1.54) is 0 Å². The second-order valence-electron chi connectivity index (χ2n) is 9.45. The predicted octanol–water partition coefficient (Wildman–Crippen LogP) is 6.03. The first kappa shape index (κ1) is 22.6. The molecule has 0 unspecified atom stereocenters. The Hall–Kier alpha value is -2.04. The normalized spacial score (nSPS) is 28.4. The Morgan fingerprint density at radius 3 is 2.37 bits per heavy atom. The Morgan fingerprint density at radius 2 is 1.77 bits per heavy atom. The Kier molecular flexibility index (Phi) is 6.78. The van der Waals surface area contributed by atoms with Crippen molar-refractivity contribution in [1.29, 1.82) is 0 Å². The van der Waals surface area contributed by atoms with Gasteiger partial charge in [-0.2, -0.15) is 0 Å². The molecule has 1 saturated carbocycles. The molecule has 0 bridgehead atoms. The van der Waals surface area contributed by atoms with Crippen LogP contribution in [0.15, 0.2) is 30.3 Å². The van der Waals surface area contributed by atoms with Crippen molar-refractivity contribution in [3.63, 3.8) is 0 Å². The minimum Gasteiger partial charge on any atom is -0.454 e. The van der Waals surface area contributed by atoms with Crippen molar-refractivity contribution in [2.45, 2.75) is 103 Å². The van der Waals surface area contributed by atoms with Gasteiger partial charge in [0.1, 0.15) is 6.10 Å². The van der Waals surface area contributed by atoms with Crippen LogP contribution in [0.1, 0.15) is 91.2 Å². The standard InChI is InChI=1S/C25H37NO4/c1-6-7-15-24-16-11-12-17-25(24,30-23(28)26(18(2)3)19(4)5)22(27)29-21(24)20-13-9-8-10-14-20/h8-10,13-14,18-19,21H,6-7,11-12,15-17H2,1-5H3/t21-,24-,25-/m1/s1. The maximum atomic E-state index is 13.5. The van der Waals surface area contributed by atoms with Crippen molar-refractivity contribution in [2.75, 3.05) is 0 Å². The summed E-state index contributed by atoms with van der Waals surface area (Å²) < 4.78 is 12.3. The highest BCUT2D eigenvalue weighted by Crippen LogP contribution is 2.63. The molecule has 1 aliphatic carbocycles. The first-order valence-electron chi connectivity index (χ1n) is 11.6. The number of fused-ring (bicyclic) bond motifs is 1. The molecule has 1 amide bonds. The number of carbonyl (C=O) groups is 2. The molecule has 3 atom stereocenters. The van der Waals surface area contributed by atoms with Crippen molar-refractivity contribution < 1.29 is 19.1 Å². The van der Waals surface area contributed by atoms with Gasteiger partial charge in [0.05, 0.1) is 5.41 Å². The zero-order valence-corrected chi connectivity index (χ0v) is 19.1. The maximum Gasteiger partial charge on any atom is 0.411 e. The Labute approximate surface area is 181 Å². The molecular weight excluding hydrogens is 378 g/mol. The number of amides is 1. The van der Waals surface area contributed by atoms with E-state index in [2.05, 4.69) is 6.92 Å². The summed E-state index contributed by atoms with van der Waals surface area (Å²) in [6.45, 7) is 10.1. The van der Waals surface area contributed by atoms with E-state index in [1.54, 1.807) is 4.90 Å². The van der Waals surface area contributed by atoms with E-state index in [-0.39, 0.29) is 24.2 Å². The van der Waals surface area contributed by atoms with E-state index in [1.807, 2.05) is 58.0 Å². The summed E-state index contributed by atoms with van der Waals surface area (Å²) in [6.07, 6.45) is 5.26. The molecule has 1 aromatic carbocycles. The maximum absolute atomic E-state index is 13.5. The number of hydrogen-bond acceptors (Lipinski definition) is 4. The van der Waals surface area contributed by atoms with Gasteiger partial charge in [0.25, 0.3) is 0 Å². The summed E-state index contributed by atoms with van der Waals surface area (Å²) >= 11 is 0. The molecule has 2 fully saturated rings. The SMILES string of the molecule is CCCC[C@]12CCCC[C@@]1(OC(=O)N(C(C)C)C(C)C)C(=O)O[C@@H]2c1ccccc1. The lowest BCUT2D eigenvalue weighted by Gasteiger charge is -2.48. The summed E-state index contributed by atoms with van der Waals surface area (Å²) in [5.74, 6) is -0.368. The molecule has 0 spiro atoms. The number of unbranched alkanes of at least 4 members (excludes halogenated alkanes) is 1. The van der Waals surface area contributed by atoms with Gasteiger partial charge in [-0.3, -0.25) is 0 Å². The minimum absolute atomic E-state index is 0.00937. The van der Waals surface area contributed by atoms with Crippen LogP contribution in [0.25, 0.3) is 0 Å². The fourth-order valence-corrected chi connectivity index (χ4v) is 5.61. The lowest BCUT2D eigenvalue weighted by atomic mass is 9.58. The largest absolute Gasteiger partial charge is 0.454 e. The van der Waals surface area contributed by atoms with Crippen molar-refractivity contribution in [2.24, 2.45) is 5.41 Å². The monoisotopic (exact) mass is 415 g/mol. The number of esters is 1. The minimum atomic E-state index is -1.21. The highest BCUT2D eigenvalue weighted by molar-refractivity contribution is 5.87. The van der Waals surface area contributed by atoms with Crippen LogP contribution in [0.4, 0.5) is 4.79 Å². The van der Waals surface area contributed by atoms with E-state index in [9.17, 15) is 9.59 Å². The molecule has 30 heavy (non-hydrogen) atoms. The number of nitrogens with zero attached hydrogens (tertiary/aromatic N) is 1. The zero-order valence-electron chi connectivity index (χ0n) is 19.1. The van der Waals surface area contributed by atoms with Crippen LogP contribution in [-0.2, 0) is 14.3 Å². The van der Waals surface area contributed by atoms with Crippen LogP contribution in [0.5, 0.6) is 0 Å². The second-order valence-corrected chi connectivity index (χ2v) is 9.45. The first-order valence-corrected chi connectivity index (χ1v) is 11.6. The fourth-order valence-electron chi connectivity index (χ4n) is 5.61. The molecule has 0 radical (unpaired) electrons. The topological polar surface area (TPSA) is 55.8 Å². The molecule has 5 nitrogen and oxygen atoms in total. The van der Waals surface area contributed by atoms with Crippen molar-refractivity contribution in [3.05, 3.63) is 35.9 Å². The molecule has 1 saturated heterocycles. The van der Waals surface area contributed by atoms with E-state index < -0.39 is 17.1 Å². The molecular formula is C25H37NO4. The highest BCUT2D eigenvalue weighted by atomic mass is 16.6. The Morgan fingerprint density at radius 1 is 1.13 bits per heavy atom. The molecule has 0 N–H and O–H groups in total. The molecule has 166 valence electrons. The number of carbonyl (C=O) groups excluding carboxylic acids is 2. The van der Waals surface area contributed by atoms with Crippen LogP contribution in [0.3, 0.4) is 0 Å². The summed E-state index contributed by atoms with van der Waals surface area (Å²) in [5.41, 5.74) is -0.735. The third-order valence-corrected chi connectivity index (χ3v) is 6.93. The van der Waals surface area contributed by atoms with Crippen molar-refractivity contribution in [3.8, 4) is 0 Å². The highest BCUT2D eigenvalue weighted by Gasteiger charge is 2.71. The quantitative estimate of drug-likeness (QED) is 0.510. The van der Waals surface area contributed by atoms with E-state index >= 15 is 0 Å². The molecule has 1 heterocycles. The second kappa shape index (κ2) is 8.99. The smallest absolute Gasteiger partial charge is 0.411 e. The van der Waals surface area contributed by atoms with Crippen LogP contribution in [-0.4, -0.2) is 34.6 Å². The van der Waals surface area contributed by atoms with Gasteiger partial charge in [0, 0.05) is 12.1 Å². The average molecular weight is 416 g/mol. The Bertz CT molecular complexity index is 739. The fraction of sp³-hybridized carbons (Fsp3) is 0.680. The average Bonchev–Trinajstić information content (AvgIpc) is 2.95. The lowest BCUT2D eigenvalue weighted by molar-refractivity contribution is -0.163. The van der Waals surface area contributed by atoms with Gasteiger partial charge in [-0.05, 0) is 58.9 Å². The van der Waals surface area contributed by atoms with Crippen LogP contribution >= 0.6 is 0 Å². The Balaban J connectivity index is 2.06. The molecule has 5 heteroatoms. The van der Waals surface area contributed by atoms with Gasteiger partial charge in [0.15, 0.2) is 0 Å². The summed E-state index contributed by atoms with van der Waals surface area (Å²) in [6, 6.07) is 9.94. The zero-order chi connectivity index (χ0) is 21.9. The van der Waals surface area contributed by atoms with Crippen LogP contribution in [0, 0.1) is 5.41 Å². The summed E-state index contributed by atoms with van der Waals surface area (Å²) in [4.78, 5) is 28.5. The van der Waals surface area contributed by atoms with Gasteiger partial charge in [-0.1, -0.05) is 56.5 Å². The van der Waals surface area contributed by atoms with Gasteiger partial charge >= 0.3 is 12.1 Å². The summed E-state index contributed by atoms with van der Waals surface area (Å²) in [7, 11) is 0. The van der Waals surface area contributed by atoms with Gasteiger partial charge < -0.3 is 14.4 Å². The van der Waals surface area contributed by atoms with E-state index in [4.69, 9.17) is 9.47 Å². The van der Waals surface area contributed by atoms with Gasteiger partial charge in [-0.15, -0.1) is 0 Å². The molecule has 2 aliphatic rings. The van der Waals surface area contributed by atoms with E-state index in [0.717, 1.165) is 44.1 Å². The van der Waals surface area contributed by atoms with Gasteiger partial charge in [-0.25, -0.2) is 9.59 Å². The molecule has 1 aromatic rings. The molecule has 3 rings (SSSR count). The number of benzene rings is 1. The first-order chi connectivity index (χ1) is 14.3. The van der Waals surface area contributed by atoms with E-state index in [0.29, 0.717) is 6.42 Å². The number of cyclic esters (lactones) is 1. The van der Waals surface area contributed by atoms with Crippen LogP contribution < -0.4 is 0 Å². The number of rotatable bonds is 7.